The first-order chi connectivity index (χ1) is 6.77. The fraction of sp³-hybridized carbons (Fsp3) is 0. The van der Waals surface area contributed by atoms with Gasteiger partial charge in [0.05, 0.1) is 0 Å². The van der Waals surface area contributed by atoms with E-state index in [2.05, 4.69) is 9.97 Å². The molecule has 0 radical (unpaired) electrons. The first-order valence-corrected chi connectivity index (χ1v) is 4.13. The molecule has 14 heavy (non-hydrogen) atoms. The van der Waals surface area contributed by atoms with Crippen molar-refractivity contribution in [3.63, 3.8) is 0 Å². The van der Waals surface area contributed by atoms with Gasteiger partial charge in [-0.1, -0.05) is 12.1 Å². The Hall–Kier alpha value is -2.10. The van der Waals surface area contributed by atoms with E-state index in [4.69, 9.17) is 5.73 Å². The van der Waals surface area contributed by atoms with E-state index < -0.39 is 0 Å². The Balaban J connectivity index is 2.50. The smallest absolute Gasteiger partial charge is 0.238 e. The predicted octanol–water partition coefficient (Wildman–Crippen LogP) is 1.43. The molecule has 0 aliphatic heterocycles. The highest BCUT2D eigenvalue weighted by molar-refractivity contribution is 5.65. The predicted molar refractivity (Wildman–Crippen MR) is 53.5 cm³/mol. The van der Waals surface area contributed by atoms with Crippen molar-refractivity contribution in [1.29, 1.82) is 0 Å². The molecule has 0 unspecified atom stereocenters. The van der Waals surface area contributed by atoms with Gasteiger partial charge in [0.15, 0.2) is 0 Å². The molecule has 0 saturated carbocycles. The van der Waals surface area contributed by atoms with Crippen LogP contribution in [-0.4, -0.2) is 15.1 Å². The maximum Gasteiger partial charge on any atom is 0.238 e. The van der Waals surface area contributed by atoms with Gasteiger partial charge in [0, 0.05) is 23.6 Å². The van der Waals surface area contributed by atoms with Gasteiger partial charge >= 0.3 is 0 Å². The zero-order valence-electron chi connectivity index (χ0n) is 7.38. The normalized spacial score (nSPS) is 10.0. The van der Waals surface area contributed by atoms with E-state index >= 15 is 0 Å². The maximum atomic E-state index is 9.43. The third kappa shape index (κ3) is 1.50. The summed E-state index contributed by atoms with van der Waals surface area (Å²) in [6.07, 6.45) is 2.97. The topological polar surface area (TPSA) is 72.0 Å². The summed E-state index contributed by atoms with van der Waals surface area (Å²) in [4.78, 5) is 7.76. The molecule has 4 nitrogen and oxygen atoms in total. The van der Waals surface area contributed by atoms with Crippen LogP contribution in [0.15, 0.2) is 36.7 Å². The molecule has 0 fully saturated rings. The first-order valence-electron chi connectivity index (χ1n) is 4.13. The second-order valence-electron chi connectivity index (χ2n) is 2.85. The largest absolute Gasteiger partial charge is 0.492 e. The summed E-state index contributed by atoms with van der Waals surface area (Å²) < 4.78 is 0. The number of aromatic nitrogens is 2. The van der Waals surface area contributed by atoms with Crippen LogP contribution in [0.4, 0.5) is 5.69 Å². The Morgan fingerprint density at radius 3 is 2.29 bits per heavy atom. The lowest BCUT2D eigenvalue weighted by Gasteiger charge is -2.01. The van der Waals surface area contributed by atoms with Crippen molar-refractivity contribution in [3.8, 4) is 17.1 Å². The molecular weight excluding hydrogens is 178 g/mol. The highest BCUT2D eigenvalue weighted by Gasteiger charge is 2.04. The van der Waals surface area contributed by atoms with Crippen LogP contribution in [0.3, 0.4) is 0 Å². The second-order valence-corrected chi connectivity index (χ2v) is 2.85. The number of hydrogen-bond donors (Lipinski definition) is 2. The highest BCUT2D eigenvalue weighted by Crippen LogP contribution is 2.24. The van der Waals surface area contributed by atoms with Gasteiger partial charge in [-0.05, 0) is 12.1 Å². The number of nitrogens with two attached hydrogens (primary N) is 1. The third-order valence-electron chi connectivity index (χ3n) is 1.86. The second kappa shape index (κ2) is 3.33. The van der Waals surface area contributed by atoms with Gasteiger partial charge in [-0.25, -0.2) is 9.97 Å². The maximum absolute atomic E-state index is 9.43. The lowest BCUT2D eigenvalue weighted by molar-refractivity contribution is 0.453. The first kappa shape index (κ1) is 8.50. The van der Waals surface area contributed by atoms with E-state index in [0.717, 1.165) is 5.56 Å². The molecule has 70 valence electrons. The average Bonchev–Trinajstić information content (AvgIpc) is 2.20. The number of aromatic hydroxyl groups is 1. The van der Waals surface area contributed by atoms with E-state index in [1.807, 2.05) is 0 Å². The Labute approximate surface area is 81.1 Å². The van der Waals surface area contributed by atoms with Crippen molar-refractivity contribution >= 4 is 5.69 Å². The van der Waals surface area contributed by atoms with Crippen LogP contribution < -0.4 is 5.73 Å². The number of anilines is 1. The quantitative estimate of drug-likeness (QED) is 0.662. The number of rotatable bonds is 1. The van der Waals surface area contributed by atoms with E-state index in [9.17, 15) is 5.11 Å². The number of nitrogen functional groups attached to an aromatic ring is 1. The van der Waals surface area contributed by atoms with Gasteiger partial charge in [0.2, 0.25) is 5.88 Å². The zero-order chi connectivity index (χ0) is 9.97. The summed E-state index contributed by atoms with van der Waals surface area (Å²) in [6, 6.07) is 7.09. The summed E-state index contributed by atoms with van der Waals surface area (Å²) >= 11 is 0. The monoisotopic (exact) mass is 187 g/mol. The molecule has 0 saturated heterocycles. The van der Waals surface area contributed by atoms with E-state index in [-0.39, 0.29) is 5.88 Å². The molecule has 0 bridgehead atoms. The van der Waals surface area contributed by atoms with Crippen LogP contribution in [0.2, 0.25) is 0 Å². The van der Waals surface area contributed by atoms with Crippen molar-refractivity contribution in [2.24, 2.45) is 0 Å². The van der Waals surface area contributed by atoms with Crippen LogP contribution in [0.1, 0.15) is 0 Å². The number of nitrogens with zero attached hydrogens (tertiary/aromatic N) is 2. The highest BCUT2D eigenvalue weighted by atomic mass is 16.3. The molecule has 0 aliphatic rings. The standard InChI is InChI=1S/C10H9N3O/c11-8-3-1-7(2-4-8)9-10(14)13-6-5-12-9/h1-6H,11H2,(H,13,14). The molecule has 0 spiro atoms. The van der Waals surface area contributed by atoms with Crippen molar-refractivity contribution in [1.82, 2.24) is 9.97 Å². The molecule has 0 aliphatic carbocycles. The molecule has 3 N–H and O–H groups in total. The lowest BCUT2D eigenvalue weighted by atomic mass is 10.1. The van der Waals surface area contributed by atoms with Crippen molar-refractivity contribution in [3.05, 3.63) is 36.7 Å². The fourth-order valence-corrected chi connectivity index (χ4v) is 1.18. The molecule has 0 amide bonds. The molecule has 1 aromatic heterocycles. The van der Waals surface area contributed by atoms with E-state index in [1.54, 1.807) is 24.3 Å². The van der Waals surface area contributed by atoms with Crippen molar-refractivity contribution in [2.45, 2.75) is 0 Å². The minimum absolute atomic E-state index is 0.0720. The summed E-state index contributed by atoms with van der Waals surface area (Å²) in [5.74, 6) is -0.0720. The third-order valence-corrected chi connectivity index (χ3v) is 1.86. The van der Waals surface area contributed by atoms with Crippen LogP contribution in [0.5, 0.6) is 5.88 Å². The van der Waals surface area contributed by atoms with Gasteiger partial charge < -0.3 is 10.8 Å². The van der Waals surface area contributed by atoms with Crippen molar-refractivity contribution < 1.29 is 5.11 Å². The number of hydrogen-bond acceptors (Lipinski definition) is 4. The summed E-state index contributed by atoms with van der Waals surface area (Å²) in [6.45, 7) is 0. The van der Waals surface area contributed by atoms with Gasteiger partial charge in [0.25, 0.3) is 0 Å². The van der Waals surface area contributed by atoms with E-state index in [0.29, 0.717) is 11.4 Å². The van der Waals surface area contributed by atoms with Gasteiger partial charge in [0.1, 0.15) is 5.69 Å². The molecule has 0 atom stereocenters. The molecule has 1 heterocycles. The van der Waals surface area contributed by atoms with Crippen LogP contribution in [0, 0.1) is 0 Å². The lowest BCUT2D eigenvalue weighted by Crippen LogP contribution is -1.88. The molecule has 4 heteroatoms. The fourth-order valence-electron chi connectivity index (χ4n) is 1.18. The van der Waals surface area contributed by atoms with Crippen molar-refractivity contribution in [2.75, 3.05) is 5.73 Å². The molecule has 2 rings (SSSR count). The Bertz CT molecular complexity index is 439. The van der Waals surface area contributed by atoms with Gasteiger partial charge in [-0.2, -0.15) is 0 Å². The van der Waals surface area contributed by atoms with Crippen LogP contribution in [-0.2, 0) is 0 Å². The Morgan fingerprint density at radius 1 is 1.00 bits per heavy atom. The Morgan fingerprint density at radius 2 is 1.64 bits per heavy atom. The summed E-state index contributed by atoms with van der Waals surface area (Å²) in [5.41, 5.74) is 7.48. The zero-order valence-corrected chi connectivity index (χ0v) is 7.38. The molecule has 1 aromatic carbocycles. The van der Waals surface area contributed by atoms with Crippen LogP contribution in [0.25, 0.3) is 11.3 Å². The summed E-state index contributed by atoms with van der Waals surface area (Å²) in [5, 5.41) is 9.43. The SMILES string of the molecule is Nc1ccc(-c2nccnc2O)cc1. The summed E-state index contributed by atoms with van der Waals surface area (Å²) in [7, 11) is 0. The average molecular weight is 187 g/mol. The number of benzene rings is 1. The van der Waals surface area contributed by atoms with E-state index in [1.165, 1.54) is 12.4 Å². The van der Waals surface area contributed by atoms with Gasteiger partial charge in [-0.3, -0.25) is 0 Å². The Kier molecular flexibility index (Phi) is 2.02. The minimum atomic E-state index is -0.0720. The van der Waals surface area contributed by atoms with Gasteiger partial charge in [-0.15, -0.1) is 0 Å². The molecular formula is C10H9N3O. The minimum Gasteiger partial charge on any atom is -0.492 e. The molecule has 2 aromatic rings. The van der Waals surface area contributed by atoms with Crippen LogP contribution >= 0.6 is 0 Å².